The van der Waals surface area contributed by atoms with E-state index in [1.54, 1.807) is 11.3 Å². The fourth-order valence-electron chi connectivity index (χ4n) is 1.81. The number of aryl methyl sites for hydroxylation is 2. The minimum absolute atomic E-state index is 1.06. The van der Waals surface area contributed by atoms with E-state index in [1.165, 1.54) is 24.2 Å². The number of hydrogen-bond donors (Lipinski definition) is 0. The van der Waals surface area contributed by atoms with Crippen LogP contribution in [0.5, 0.6) is 0 Å². The van der Waals surface area contributed by atoms with Crippen LogP contribution in [0.1, 0.15) is 24.2 Å². The van der Waals surface area contributed by atoms with E-state index in [-0.39, 0.29) is 0 Å². The molecule has 0 unspecified atom stereocenters. The lowest BCUT2D eigenvalue weighted by molar-refractivity contribution is 0.649. The molecule has 0 bridgehead atoms. The van der Waals surface area contributed by atoms with Crippen LogP contribution in [0.4, 0.5) is 0 Å². The van der Waals surface area contributed by atoms with E-state index in [0.717, 1.165) is 17.8 Å². The number of aromatic nitrogens is 3. The van der Waals surface area contributed by atoms with Crippen molar-refractivity contribution in [1.29, 1.82) is 0 Å². The van der Waals surface area contributed by atoms with Gasteiger partial charge in [-0.2, -0.15) is 5.10 Å². The molecule has 1 aliphatic carbocycles. The molecule has 62 valence electrons. The molecule has 12 heavy (non-hydrogen) atoms. The highest BCUT2D eigenvalue weighted by molar-refractivity contribution is 7.14. The van der Waals surface area contributed by atoms with Crippen LogP contribution < -0.4 is 0 Å². The van der Waals surface area contributed by atoms with Crippen molar-refractivity contribution >= 4 is 16.3 Å². The molecule has 3 nitrogen and oxygen atoms in total. The first-order valence-corrected chi connectivity index (χ1v) is 5.13. The summed E-state index contributed by atoms with van der Waals surface area (Å²) >= 11 is 1.62. The summed E-state index contributed by atoms with van der Waals surface area (Å²) in [6.07, 6.45) is 4.88. The van der Waals surface area contributed by atoms with Crippen molar-refractivity contribution in [3.63, 3.8) is 0 Å². The van der Waals surface area contributed by atoms with Gasteiger partial charge in [0.05, 0.1) is 11.4 Å². The fraction of sp³-hybridized carbons (Fsp3) is 0.500. The monoisotopic (exact) mass is 179 g/mol. The fourth-order valence-corrected chi connectivity index (χ4v) is 2.47. The van der Waals surface area contributed by atoms with Crippen LogP contribution in [-0.2, 0) is 12.8 Å². The van der Waals surface area contributed by atoms with Crippen LogP contribution in [0.2, 0.25) is 0 Å². The van der Waals surface area contributed by atoms with Gasteiger partial charge < -0.3 is 0 Å². The predicted molar refractivity (Wildman–Crippen MR) is 47.5 cm³/mol. The molecule has 2 aromatic rings. The lowest BCUT2D eigenvalue weighted by atomic mass is 10.0. The van der Waals surface area contributed by atoms with Gasteiger partial charge in [-0.1, -0.05) is 11.3 Å². The first kappa shape index (κ1) is 6.60. The molecule has 3 rings (SSSR count). The summed E-state index contributed by atoms with van der Waals surface area (Å²) < 4.78 is 2.00. The number of nitrogens with zero attached hydrogens (tertiary/aromatic N) is 3. The average molecular weight is 179 g/mol. The quantitative estimate of drug-likeness (QED) is 0.615. The van der Waals surface area contributed by atoms with Crippen molar-refractivity contribution in [1.82, 2.24) is 14.6 Å². The smallest absolute Gasteiger partial charge is 0.212 e. The molecule has 2 heterocycles. The third kappa shape index (κ3) is 0.756. The van der Waals surface area contributed by atoms with Gasteiger partial charge in [0.15, 0.2) is 0 Å². The summed E-state index contributed by atoms with van der Waals surface area (Å²) in [5, 5.41) is 4.26. The van der Waals surface area contributed by atoms with Gasteiger partial charge in [-0.15, -0.1) is 0 Å². The summed E-state index contributed by atoms with van der Waals surface area (Å²) in [7, 11) is 0. The Labute approximate surface area is 74.1 Å². The van der Waals surface area contributed by atoms with Crippen LogP contribution in [0, 0.1) is 0 Å². The zero-order valence-corrected chi connectivity index (χ0v) is 7.47. The van der Waals surface area contributed by atoms with Crippen LogP contribution in [0.15, 0.2) is 5.51 Å². The normalized spacial score (nSPS) is 16.7. The lowest BCUT2D eigenvalue weighted by Gasteiger charge is -2.08. The summed E-state index contributed by atoms with van der Waals surface area (Å²) in [5.41, 5.74) is 4.48. The second-order valence-corrected chi connectivity index (χ2v) is 3.96. The van der Waals surface area contributed by atoms with E-state index in [4.69, 9.17) is 0 Å². The van der Waals surface area contributed by atoms with Crippen molar-refractivity contribution in [2.45, 2.75) is 25.7 Å². The predicted octanol–water partition coefficient (Wildman–Crippen LogP) is 1.67. The topological polar surface area (TPSA) is 30.2 Å². The molecule has 0 N–H and O–H groups in total. The maximum Gasteiger partial charge on any atom is 0.212 e. The standard InChI is InChI=1S/C8H9N3S/c1-2-4-7-6(3-1)10-8-11(7)9-5-12-8/h5H,1-4H2. The van der Waals surface area contributed by atoms with E-state index in [1.807, 2.05) is 10.0 Å². The molecular formula is C8H9N3S. The second kappa shape index (κ2) is 2.29. The Kier molecular flexibility index (Phi) is 1.26. The van der Waals surface area contributed by atoms with Crippen molar-refractivity contribution in [2.75, 3.05) is 0 Å². The largest absolute Gasteiger partial charge is 0.222 e. The van der Waals surface area contributed by atoms with E-state index < -0.39 is 0 Å². The number of hydrogen-bond acceptors (Lipinski definition) is 3. The van der Waals surface area contributed by atoms with Crippen LogP contribution in [0.25, 0.3) is 4.96 Å². The molecular weight excluding hydrogens is 170 g/mol. The second-order valence-electron chi connectivity index (χ2n) is 3.15. The Morgan fingerprint density at radius 1 is 1.33 bits per heavy atom. The van der Waals surface area contributed by atoms with E-state index in [9.17, 15) is 0 Å². The molecule has 0 atom stereocenters. The van der Waals surface area contributed by atoms with Crippen LogP contribution in [-0.4, -0.2) is 14.6 Å². The maximum absolute atomic E-state index is 4.53. The molecule has 0 saturated carbocycles. The lowest BCUT2D eigenvalue weighted by Crippen LogP contribution is -2.04. The Morgan fingerprint density at radius 3 is 3.25 bits per heavy atom. The van der Waals surface area contributed by atoms with Crippen LogP contribution in [0.3, 0.4) is 0 Å². The minimum Gasteiger partial charge on any atom is -0.222 e. The SMILES string of the molecule is c1nn2c3c(nc2s1)CCCC3. The zero-order chi connectivity index (χ0) is 7.97. The highest BCUT2D eigenvalue weighted by atomic mass is 32.1. The Morgan fingerprint density at radius 2 is 2.25 bits per heavy atom. The number of fused-ring (bicyclic) bond motifs is 3. The molecule has 1 aliphatic rings. The van der Waals surface area contributed by atoms with Gasteiger partial charge in [-0.3, -0.25) is 0 Å². The first-order valence-electron chi connectivity index (χ1n) is 4.25. The third-order valence-electron chi connectivity index (χ3n) is 2.40. The van der Waals surface area contributed by atoms with Gasteiger partial charge >= 0.3 is 0 Å². The molecule has 0 fully saturated rings. The molecule has 0 aromatic carbocycles. The molecule has 4 heteroatoms. The number of rotatable bonds is 0. The third-order valence-corrected chi connectivity index (χ3v) is 3.07. The summed E-state index contributed by atoms with van der Waals surface area (Å²) in [4.78, 5) is 5.59. The molecule has 0 saturated heterocycles. The van der Waals surface area contributed by atoms with Crippen molar-refractivity contribution in [2.24, 2.45) is 0 Å². The zero-order valence-electron chi connectivity index (χ0n) is 6.66. The highest BCUT2D eigenvalue weighted by Gasteiger charge is 2.16. The Hall–Kier alpha value is -0.900. The highest BCUT2D eigenvalue weighted by Crippen LogP contribution is 2.22. The summed E-state index contributed by atoms with van der Waals surface area (Å²) in [6, 6.07) is 0. The Bertz CT molecular complexity index is 415. The molecule has 0 amide bonds. The van der Waals surface area contributed by atoms with Gasteiger partial charge in [0.1, 0.15) is 5.51 Å². The summed E-state index contributed by atoms with van der Waals surface area (Å²) in [5.74, 6) is 0. The maximum atomic E-state index is 4.53. The first-order chi connectivity index (χ1) is 5.95. The van der Waals surface area contributed by atoms with E-state index >= 15 is 0 Å². The van der Waals surface area contributed by atoms with Crippen molar-refractivity contribution in [3.8, 4) is 0 Å². The van der Waals surface area contributed by atoms with E-state index in [0.29, 0.717) is 0 Å². The van der Waals surface area contributed by atoms with Gasteiger partial charge in [-0.25, -0.2) is 9.50 Å². The van der Waals surface area contributed by atoms with Gasteiger partial charge in [0.25, 0.3) is 0 Å². The van der Waals surface area contributed by atoms with Gasteiger partial charge in [-0.05, 0) is 25.7 Å². The van der Waals surface area contributed by atoms with Crippen molar-refractivity contribution < 1.29 is 0 Å². The molecule has 0 radical (unpaired) electrons. The molecule has 0 aliphatic heterocycles. The minimum atomic E-state index is 1.06. The number of imidazole rings is 1. The van der Waals surface area contributed by atoms with Gasteiger partial charge in [0.2, 0.25) is 4.96 Å². The van der Waals surface area contributed by atoms with Crippen LogP contribution >= 0.6 is 11.3 Å². The van der Waals surface area contributed by atoms with Gasteiger partial charge in [0, 0.05) is 0 Å². The Balaban J connectivity index is 2.34. The molecule has 0 spiro atoms. The summed E-state index contributed by atoms with van der Waals surface area (Å²) in [6.45, 7) is 0. The van der Waals surface area contributed by atoms with Crippen molar-refractivity contribution in [3.05, 3.63) is 16.9 Å². The average Bonchev–Trinajstić information content (AvgIpc) is 2.62. The molecule has 2 aromatic heterocycles. The van der Waals surface area contributed by atoms with E-state index in [2.05, 4.69) is 10.1 Å².